The number of rotatable bonds is 5. The molecular formula is C32H27Cl2FN4O5. The van der Waals surface area contributed by atoms with Crippen molar-refractivity contribution in [3.05, 3.63) is 87.4 Å². The maximum absolute atomic E-state index is 15.6. The molecule has 7 rings (SSSR count). The minimum Gasteiger partial charge on any atom is -0.478 e. The number of para-hydroxylation sites is 1. The molecule has 0 aliphatic carbocycles. The van der Waals surface area contributed by atoms with Crippen molar-refractivity contribution in [1.82, 2.24) is 14.7 Å². The van der Waals surface area contributed by atoms with Gasteiger partial charge in [0.05, 0.1) is 51.8 Å². The van der Waals surface area contributed by atoms with Gasteiger partial charge in [0.25, 0.3) is 5.91 Å². The first kappa shape index (κ1) is 28.6. The van der Waals surface area contributed by atoms with Crippen molar-refractivity contribution in [2.45, 2.75) is 31.6 Å². The summed E-state index contributed by atoms with van der Waals surface area (Å²) in [6, 6.07) is 11.3. The fourth-order valence-electron chi connectivity index (χ4n) is 6.30. The van der Waals surface area contributed by atoms with Gasteiger partial charge in [0.2, 0.25) is 0 Å². The Bertz CT molecular complexity index is 1790. The normalized spacial score (nSPS) is 19.1. The smallest absolute Gasteiger partial charge is 0.337 e. The van der Waals surface area contributed by atoms with Crippen LogP contribution in [0.25, 0.3) is 22.3 Å². The molecule has 0 spiro atoms. The maximum atomic E-state index is 15.6. The van der Waals surface area contributed by atoms with Crippen molar-refractivity contribution in [2.24, 2.45) is 7.05 Å². The molecule has 3 aliphatic rings. The van der Waals surface area contributed by atoms with E-state index in [1.165, 1.54) is 4.90 Å². The molecule has 226 valence electrons. The summed E-state index contributed by atoms with van der Waals surface area (Å²) < 4.78 is 29.3. The van der Waals surface area contributed by atoms with Gasteiger partial charge in [0, 0.05) is 48.6 Å². The number of halogens is 3. The number of carbonyl (C=O) groups excluding carboxylic acids is 1. The number of amides is 1. The molecule has 2 unspecified atom stereocenters. The van der Waals surface area contributed by atoms with Crippen molar-refractivity contribution in [2.75, 3.05) is 24.7 Å². The molecular weight excluding hydrogens is 610 g/mol. The van der Waals surface area contributed by atoms with E-state index in [0.29, 0.717) is 35.7 Å². The number of nitrogens with zero attached hydrogens (tertiary/aromatic N) is 4. The van der Waals surface area contributed by atoms with Crippen LogP contribution in [-0.4, -0.2) is 63.7 Å². The average Bonchev–Trinajstić information content (AvgIpc) is 3.59. The molecule has 4 heterocycles. The summed E-state index contributed by atoms with van der Waals surface area (Å²) in [5.74, 6) is -1.86. The highest BCUT2D eigenvalue weighted by molar-refractivity contribution is 6.40. The van der Waals surface area contributed by atoms with Gasteiger partial charge in [-0.15, -0.1) is 0 Å². The van der Waals surface area contributed by atoms with E-state index in [4.69, 9.17) is 32.7 Å². The van der Waals surface area contributed by atoms with Gasteiger partial charge < -0.3 is 24.4 Å². The van der Waals surface area contributed by atoms with E-state index in [1.54, 1.807) is 54.3 Å². The first-order valence-corrected chi connectivity index (χ1v) is 14.9. The lowest BCUT2D eigenvalue weighted by molar-refractivity contribution is 0.0303. The fraction of sp³-hybridized carbons (Fsp3) is 0.281. The molecule has 1 amide bonds. The second-order valence-corrected chi connectivity index (χ2v) is 12.1. The van der Waals surface area contributed by atoms with Crippen LogP contribution in [0.3, 0.4) is 0 Å². The van der Waals surface area contributed by atoms with Crippen LogP contribution < -0.4 is 9.64 Å². The molecule has 2 fully saturated rings. The molecule has 1 N–H and O–H groups in total. The molecule has 2 saturated heterocycles. The van der Waals surface area contributed by atoms with Gasteiger partial charge in [-0.25, -0.2) is 9.18 Å². The van der Waals surface area contributed by atoms with Gasteiger partial charge in [0.15, 0.2) is 6.73 Å². The number of carboxylic acids is 1. The molecule has 2 atom stereocenters. The van der Waals surface area contributed by atoms with Crippen molar-refractivity contribution < 1.29 is 28.6 Å². The Hall–Kier alpha value is -4.12. The fourth-order valence-corrected chi connectivity index (χ4v) is 6.95. The third-order valence-corrected chi connectivity index (χ3v) is 8.99. The van der Waals surface area contributed by atoms with E-state index in [1.807, 2.05) is 11.1 Å². The molecule has 44 heavy (non-hydrogen) atoms. The van der Waals surface area contributed by atoms with E-state index >= 15 is 4.39 Å². The Balaban J connectivity index is 1.19. The van der Waals surface area contributed by atoms with Gasteiger partial charge in [-0.2, -0.15) is 5.10 Å². The second kappa shape index (κ2) is 11.1. The minimum atomic E-state index is -1.20. The number of morpholine rings is 1. The van der Waals surface area contributed by atoms with E-state index in [-0.39, 0.29) is 52.2 Å². The Morgan fingerprint density at radius 3 is 2.41 bits per heavy atom. The van der Waals surface area contributed by atoms with Crippen molar-refractivity contribution >= 4 is 40.8 Å². The summed E-state index contributed by atoms with van der Waals surface area (Å²) in [7, 11) is 1.80. The number of aromatic carboxylic acids is 1. The van der Waals surface area contributed by atoms with Gasteiger partial charge in [0.1, 0.15) is 11.6 Å². The summed E-state index contributed by atoms with van der Waals surface area (Å²) >= 11 is 13.1. The molecule has 3 aliphatic heterocycles. The van der Waals surface area contributed by atoms with Crippen LogP contribution in [0.15, 0.2) is 54.9 Å². The zero-order chi connectivity index (χ0) is 30.7. The zero-order valence-corrected chi connectivity index (χ0v) is 25.1. The van der Waals surface area contributed by atoms with E-state index in [2.05, 4.69) is 5.10 Å². The van der Waals surface area contributed by atoms with Crippen LogP contribution in [-0.2, 0) is 18.3 Å². The molecule has 4 aromatic rings. The van der Waals surface area contributed by atoms with Crippen LogP contribution in [0.2, 0.25) is 10.0 Å². The first-order chi connectivity index (χ1) is 21.2. The monoisotopic (exact) mass is 636 g/mol. The predicted octanol–water partition coefficient (Wildman–Crippen LogP) is 6.26. The number of ether oxygens (including phenoxy) is 2. The Morgan fingerprint density at radius 2 is 1.75 bits per heavy atom. The largest absolute Gasteiger partial charge is 0.478 e. The summed E-state index contributed by atoms with van der Waals surface area (Å²) in [4.78, 5) is 29.2. The maximum Gasteiger partial charge on any atom is 0.337 e. The number of carbonyl (C=O) groups is 2. The second-order valence-electron chi connectivity index (χ2n) is 11.3. The standard InChI is InChI=1S/C32H27Cl2FN4O5/c1-37-12-19(11-36-37)18-7-25(33)29(26(34)8-18)31(40)39-13-17-3-2-4-22(30(17)43-16-39)23-10-28(24(32(41)42)9-27(23)35)38-14-20-5-6-21(15-38)44-20/h2-4,7-12,20-21H,5-6,13-16H2,1H3,(H,41,42). The molecule has 9 nitrogen and oxygen atoms in total. The number of aromatic nitrogens is 2. The predicted molar refractivity (Wildman–Crippen MR) is 163 cm³/mol. The summed E-state index contributed by atoms with van der Waals surface area (Å²) in [6.07, 6.45) is 5.38. The van der Waals surface area contributed by atoms with Crippen LogP contribution in [0.5, 0.6) is 5.75 Å². The van der Waals surface area contributed by atoms with Crippen molar-refractivity contribution in [3.63, 3.8) is 0 Å². The topological polar surface area (TPSA) is 97.1 Å². The Morgan fingerprint density at radius 1 is 1.02 bits per heavy atom. The number of carboxylic acid groups (broad SMARTS) is 1. The molecule has 0 radical (unpaired) electrons. The summed E-state index contributed by atoms with van der Waals surface area (Å²) in [6.45, 7) is 1.13. The number of hydrogen-bond donors (Lipinski definition) is 1. The number of benzene rings is 3. The lowest BCUT2D eigenvalue weighted by atomic mass is 9.96. The highest BCUT2D eigenvalue weighted by Gasteiger charge is 2.36. The van der Waals surface area contributed by atoms with E-state index in [0.717, 1.165) is 30.0 Å². The first-order valence-electron chi connectivity index (χ1n) is 14.2. The SMILES string of the molecule is Cn1cc(-c2cc(Cl)c(C(=O)N3COc4c(cccc4-c4cc(N5CC6CCC(C5)O6)c(C(=O)O)cc4F)C3)c(Cl)c2)cn1. The molecule has 12 heteroatoms. The lowest BCUT2D eigenvalue weighted by Crippen LogP contribution is -2.43. The number of aryl methyl sites for hydroxylation is 1. The third kappa shape index (κ3) is 5.06. The lowest BCUT2D eigenvalue weighted by Gasteiger charge is -2.35. The van der Waals surface area contributed by atoms with Gasteiger partial charge in [-0.3, -0.25) is 9.48 Å². The number of hydrogen-bond acceptors (Lipinski definition) is 6. The molecule has 2 bridgehead atoms. The van der Waals surface area contributed by atoms with E-state index in [9.17, 15) is 14.7 Å². The highest BCUT2D eigenvalue weighted by Crippen LogP contribution is 2.42. The molecule has 1 aromatic heterocycles. The van der Waals surface area contributed by atoms with Crippen molar-refractivity contribution in [3.8, 4) is 28.0 Å². The summed E-state index contributed by atoms with van der Waals surface area (Å²) in [5.41, 5.74) is 3.39. The van der Waals surface area contributed by atoms with Gasteiger partial charge in [-0.1, -0.05) is 41.4 Å². The Kier molecular flexibility index (Phi) is 7.23. The summed E-state index contributed by atoms with van der Waals surface area (Å²) in [5, 5.41) is 14.5. The molecule has 3 aromatic carbocycles. The highest BCUT2D eigenvalue weighted by atomic mass is 35.5. The van der Waals surface area contributed by atoms with Crippen molar-refractivity contribution in [1.29, 1.82) is 0 Å². The van der Waals surface area contributed by atoms with Crippen LogP contribution in [0.4, 0.5) is 10.1 Å². The average molecular weight is 637 g/mol. The Labute approximate surface area is 262 Å². The number of fused-ring (bicyclic) bond motifs is 3. The quantitative estimate of drug-likeness (QED) is 0.276. The third-order valence-electron chi connectivity index (χ3n) is 8.39. The zero-order valence-electron chi connectivity index (χ0n) is 23.6. The van der Waals surface area contributed by atoms with Crippen LogP contribution in [0, 0.1) is 5.82 Å². The molecule has 0 saturated carbocycles. The van der Waals surface area contributed by atoms with Crippen LogP contribution in [0.1, 0.15) is 39.1 Å². The van der Waals surface area contributed by atoms with E-state index < -0.39 is 17.7 Å². The number of anilines is 1. The van der Waals surface area contributed by atoms with Gasteiger partial charge >= 0.3 is 5.97 Å². The van der Waals surface area contributed by atoms with Crippen LogP contribution >= 0.6 is 23.2 Å². The minimum absolute atomic E-state index is 0.0220. The van der Waals surface area contributed by atoms with Gasteiger partial charge in [-0.05, 0) is 42.7 Å².